The van der Waals surface area contributed by atoms with Crippen molar-refractivity contribution in [2.75, 3.05) is 23.3 Å². The Morgan fingerprint density at radius 3 is 2.34 bits per heavy atom. The van der Waals surface area contributed by atoms with Crippen molar-refractivity contribution in [2.24, 2.45) is 0 Å². The predicted octanol–water partition coefficient (Wildman–Crippen LogP) is 5.50. The van der Waals surface area contributed by atoms with Crippen LogP contribution in [0.15, 0.2) is 59.8 Å². The molecule has 2 heterocycles. The zero-order valence-electron chi connectivity index (χ0n) is 19.0. The van der Waals surface area contributed by atoms with Crippen molar-refractivity contribution in [1.82, 2.24) is 14.8 Å². The van der Waals surface area contributed by atoms with Gasteiger partial charge in [0.05, 0.1) is 10.9 Å². The number of amides is 1. The summed E-state index contributed by atoms with van der Waals surface area (Å²) in [5.41, 5.74) is 3.02. The summed E-state index contributed by atoms with van der Waals surface area (Å²) >= 11 is 1.44. The lowest BCUT2D eigenvalue weighted by Gasteiger charge is -2.28. The summed E-state index contributed by atoms with van der Waals surface area (Å²) in [6.45, 7) is 8.15. The largest absolute Gasteiger partial charge is 0.341 e. The summed E-state index contributed by atoms with van der Waals surface area (Å²) in [6, 6.07) is 18.1. The van der Waals surface area contributed by atoms with Crippen molar-refractivity contribution in [1.29, 1.82) is 0 Å². The standard InChI is InChI=1S/C25H31N5OS/c1-18(2)21-14-8-9-15-22(21)26-23(31)19(3)32-25-28-27-24(29-16-10-5-11-17-29)30(25)20-12-6-4-7-13-20/h4,6-9,12-15,18-19H,5,10-11,16-17H2,1-3H3,(H,26,31). The molecule has 2 aromatic carbocycles. The number of hydrogen-bond acceptors (Lipinski definition) is 5. The van der Waals surface area contributed by atoms with E-state index in [1.54, 1.807) is 0 Å². The Kier molecular flexibility index (Phi) is 7.15. The average molecular weight is 450 g/mol. The smallest absolute Gasteiger partial charge is 0.237 e. The fraction of sp³-hybridized carbons (Fsp3) is 0.400. The van der Waals surface area contributed by atoms with Gasteiger partial charge in [0.2, 0.25) is 11.9 Å². The fourth-order valence-electron chi connectivity index (χ4n) is 4.00. The maximum Gasteiger partial charge on any atom is 0.237 e. The van der Waals surface area contributed by atoms with E-state index in [1.165, 1.54) is 18.2 Å². The molecule has 0 saturated carbocycles. The maximum atomic E-state index is 13.0. The van der Waals surface area contributed by atoms with E-state index < -0.39 is 0 Å². The number of hydrogen-bond donors (Lipinski definition) is 1. The molecule has 1 saturated heterocycles. The van der Waals surface area contributed by atoms with E-state index >= 15 is 0 Å². The Hall–Kier alpha value is -2.80. The van der Waals surface area contributed by atoms with Crippen molar-refractivity contribution in [3.63, 3.8) is 0 Å². The second-order valence-corrected chi connectivity index (χ2v) is 9.80. The third kappa shape index (κ3) is 4.99. The fourth-order valence-corrected chi connectivity index (χ4v) is 4.86. The molecule has 1 N–H and O–H groups in total. The first kappa shape index (κ1) is 22.4. The van der Waals surface area contributed by atoms with E-state index in [-0.39, 0.29) is 11.2 Å². The van der Waals surface area contributed by atoms with E-state index in [9.17, 15) is 4.79 Å². The van der Waals surface area contributed by atoms with Crippen molar-refractivity contribution in [2.45, 2.75) is 56.4 Å². The third-order valence-corrected chi connectivity index (χ3v) is 6.80. The summed E-state index contributed by atoms with van der Waals surface area (Å²) in [5, 5.41) is 12.6. The lowest BCUT2D eigenvalue weighted by Crippen LogP contribution is -2.31. The molecule has 0 aliphatic carbocycles. The third-order valence-electron chi connectivity index (χ3n) is 5.76. The number of piperidine rings is 1. The molecule has 4 rings (SSSR count). The molecule has 0 radical (unpaired) electrons. The first-order valence-electron chi connectivity index (χ1n) is 11.4. The molecule has 1 amide bonds. The normalized spacial score (nSPS) is 15.1. The first-order chi connectivity index (χ1) is 15.5. The average Bonchev–Trinajstić information content (AvgIpc) is 3.23. The summed E-state index contributed by atoms with van der Waals surface area (Å²) < 4.78 is 2.09. The number of para-hydroxylation sites is 2. The number of benzene rings is 2. The topological polar surface area (TPSA) is 63.1 Å². The highest BCUT2D eigenvalue weighted by molar-refractivity contribution is 8.00. The highest BCUT2D eigenvalue weighted by atomic mass is 32.2. The van der Waals surface area contributed by atoms with Gasteiger partial charge < -0.3 is 10.2 Å². The van der Waals surface area contributed by atoms with Crippen molar-refractivity contribution in [3.05, 3.63) is 60.2 Å². The van der Waals surface area contributed by atoms with Crippen molar-refractivity contribution < 1.29 is 4.79 Å². The SMILES string of the molecule is CC(Sc1nnc(N2CCCCC2)n1-c1ccccc1)C(=O)Nc1ccccc1C(C)C. The van der Waals surface area contributed by atoms with Gasteiger partial charge in [0.25, 0.3) is 0 Å². The first-order valence-corrected chi connectivity index (χ1v) is 12.2. The molecule has 168 valence electrons. The summed E-state index contributed by atoms with van der Waals surface area (Å²) in [7, 11) is 0. The maximum absolute atomic E-state index is 13.0. The van der Waals surface area contributed by atoms with Crippen LogP contribution in [-0.4, -0.2) is 39.0 Å². The van der Waals surface area contributed by atoms with Crippen molar-refractivity contribution >= 4 is 29.3 Å². The molecule has 32 heavy (non-hydrogen) atoms. The minimum atomic E-state index is -0.323. The Morgan fingerprint density at radius 1 is 0.938 bits per heavy atom. The van der Waals surface area contributed by atoms with Crippen LogP contribution in [0.1, 0.15) is 51.5 Å². The van der Waals surface area contributed by atoms with Crippen LogP contribution < -0.4 is 10.2 Å². The summed E-state index contributed by atoms with van der Waals surface area (Å²) in [6.07, 6.45) is 3.59. The van der Waals surface area contributed by atoms with Crippen LogP contribution in [0.2, 0.25) is 0 Å². The molecule has 6 nitrogen and oxygen atoms in total. The Morgan fingerprint density at radius 2 is 1.62 bits per heavy atom. The monoisotopic (exact) mass is 449 g/mol. The summed E-state index contributed by atoms with van der Waals surface area (Å²) in [5.74, 6) is 1.16. The van der Waals surface area contributed by atoms with Gasteiger partial charge in [-0.25, -0.2) is 0 Å². The van der Waals surface area contributed by atoms with Crippen molar-refractivity contribution in [3.8, 4) is 5.69 Å². The van der Waals surface area contributed by atoms with Gasteiger partial charge in [-0.05, 0) is 55.9 Å². The zero-order chi connectivity index (χ0) is 22.5. The second-order valence-electron chi connectivity index (χ2n) is 8.49. The molecule has 3 aromatic rings. The van der Waals surface area contributed by atoms with Crippen LogP contribution in [0.5, 0.6) is 0 Å². The number of nitrogens with one attached hydrogen (secondary N) is 1. The van der Waals surface area contributed by atoms with Gasteiger partial charge in [-0.2, -0.15) is 0 Å². The molecule has 1 fully saturated rings. The van der Waals surface area contributed by atoms with E-state index in [0.29, 0.717) is 5.92 Å². The molecule has 1 unspecified atom stereocenters. The molecule has 1 atom stereocenters. The van der Waals surface area contributed by atoms with Crippen LogP contribution in [0.3, 0.4) is 0 Å². The van der Waals surface area contributed by atoms with Crippen LogP contribution in [-0.2, 0) is 4.79 Å². The zero-order valence-corrected chi connectivity index (χ0v) is 19.8. The Balaban J connectivity index is 1.57. The Bertz CT molecular complexity index is 1040. The van der Waals surface area contributed by atoms with Crippen LogP contribution in [0.4, 0.5) is 11.6 Å². The van der Waals surface area contributed by atoms with Gasteiger partial charge >= 0.3 is 0 Å². The Labute approximate surface area is 194 Å². The van der Waals surface area contributed by atoms with Gasteiger partial charge in [-0.15, -0.1) is 10.2 Å². The van der Waals surface area contributed by atoms with Crippen LogP contribution in [0, 0.1) is 0 Å². The second kappa shape index (κ2) is 10.2. The number of rotatable bonds is 7. The molecule has 0 bridgehead atoms. The molecular weight excluding hydrogens is 418 g/mol. The highest BCUT2D eigenvalue weighted by Gasteiger charge is 2.25. The molecule has 0 spiro atoms. The number of carbonyl (C=O) groups excluding carboxylic acids is 1. The number of thioether (sulfide) groups is 1. The molecule has 1 aliphatic heterocycles. The predicted molar refractivity (Wildman–Crippen MR) is 132 cm³/mol. The minimum Gasteiger partial charge on any atom is -0.341 e. The van der Waals surface area contributed by atoms with Gasteiger partial charge in [0.1, 0.15) is 0 Å². The van der Waals surface area contributed by atoms with E-state index in [2.05, 4.69) is 57.0 Å². The van der Waals surface area contributed by atoms with Crippen LogP contribution >= 0.6 is 11.8 Å². The van der Waals surface area contributed by atoms with Gasteiger partial charge in [0, 0.05) is 18.8 Å². The molecule has 7 heteroatoms. The number of aromatic nitrogens is 3. The molecule has 1 aromatic heterocycles. The quantitative estimate of drug-likeness (QED) is 0.483. The number of anilines is 2. The van der Waals surface area contributed by atoms with Gasteiger partial charge in [-0.1, -0.05) is 62.0 Å². The minimum absolute atomic E-state index is 0.0368. The van der Waals surface area contributed by atoms with E-state index in [4.69, 9.17) is 0 Å². The highest BCUT2D eigenvalue weighted by Crippen LogP contribution is 2.31. The number of nitrogens with zero attached hydrogens (tertiary/aromatic N) is 4. The van der Waals surface area contributed by atoms with Gasteiger partial charge in [0.15, 0.2) is 5.16 Å². The number of carbonyl (C=O) groups is 1. The molecule has 1 aliphatic rings. The summed E-state index contributed by atoms with van der Waals surface area (Å²) in [4.78, 5) is 15.4. The van der Waals surface area contributed by atoms with Gasteiger partial charge in [-0.3, -0.25) is 9.36 Å². The molecular formula is C25H31N5OS. The van der Waals surface area contributed by atoms with E-state index in [0.717, 1.165) is 54.0 Å². The van der Waals surface area contributed by atoms with Crippen LogP contribution in [0.25, 0.3) is 5.69 Å². The van der Waals surface area contributed by atoms with E-state index in [1.807, 2.05) is 43.3 Å². The lowest BCUT2D eigenvalue weighted by molar-refractivity contribution is -0.115. The lowest BCUT2D eigenvalue weighted by atomic mass is 10.0.